The summed E-state index contributed by atoms with van der Waals surface area (Å²) in [5.74, 6) is -0.531. The van der Waals surface area contributed by atoms with Gasteiger partial charge in [-0.3, -0.25) is 9.78 Å². The first kappa shape index (κ1) is 11.4. The van der Waals surface area contributed by atoms with Crippen molar-refractivity contribution in [2.45, 2.75) is 17.4 Å². The van der Waals surface area contributed by atoms with Gasteiger partial charge >= 0.3 is 0 Å². The van der Waals surface area contributed by atoms with Crippen LogP contribution < -0.4 is 5.32 Å². The van der Waals surface area contributed by atoms with Crippen LogP contribution in [0.4, 0.5) is 4.39 Å². The van der Waals surface area contributed by atoms with E-state index in [-0.39, 0.29) is 11.7 Å². The van der Waals surface area contributed by atoms with Gasteiger partial charge in [-0.1, -0.05) is 0 Å². The average Bonchev–Trinajstić information content (AvgIpc) is 2.02. The van der Waals surface area contributed by atoms with E-state index in [0.29, 0.717) is 5.69 Å². The minimum Gasteiger partial charge on any atom is -0.337 e. The molecule has 0 aromatic carbocycles. The molecule has 0 fully saturated rings. The zero-order valence-electron chi connectivity index (χ0n) is 7.84. The number of amides is 1. The molecule has 0 spiro atoms. The highest BCUT2D eigenvalue weighted by molar-refractivity contribution is 14.1. The predicted octanol–water partition coefficient (Wildman–Crippen LogP) is 1.96. The summed E-state index contributed by atoms with van der Waals surface area (Å²) in [7, 11) is 0. The van der Waals surface area contributed by atoms with Crippen LogP contribution in [-0.4, -0.2) is 10.9 Å². The van der Waals surface area contributed by atoms with Crippen molar-refractivity contribution in [1.29, 1.82) is 0 Å². The predicted molar refractivity (Wildman–Crippen MR) is 59.4 cm³/mol. The normalized spacial score (nSPS) is 14.6. The Hall–Kier alpha value is -0.720. The van der Waals surface area contributed by atoms with Crippen LogP contribution in [0.1, 0.15) is 19.5 Å². The van der Waals surface area contributed by atoms with E-state index in [1.807, 2.05) is 0 Å². The molecule has 1 N–H and O–H groups in total. The summed E-state index contributed by atoms with van der Waals surface area (Å²) < 4.78 is 12.0. The molecule has 1 rings (SSSR count). The molecule has 1 aromatic heterocycles. The van der Waals surface area contributed by atoms with Crippen LogP contribution in [-0.2, 0) is 8.34 Å². The molecule has 0 saturated carbocycles. The standard InChI is InChI=1S/C9H10FIN2O/c1-6(14)13-9(2,11)8-4-3-7(10)5-12-8/h3-5H,1-2H3,(H,13,14). The van der Waals surface area contributed by atoms with Crippen molar-refractivity contribution in [3.63, 3.8) is 0 Å². The zero-order valence-corrected chi connectivity index (χ0v) is 10.0. The van der Waals surface area contributed by atoms with E-state index in [0.717, 1.165) is 6.20 Å². The molecule has 1 unspecified atom stereocenters. The maximum Gasteiger partial charge on any atom is 0.218 e. The summed E-state index contributed by atoms with van der Waals surface area (Å²) in [4.78, 5) is 14.8. The third kappa shape index (κ3) is 2.90. The lowest BCUT2D eigenvalue weighted by Gasteiger charge is -2.22. The molecule has 14 heavy (non-hydrogen) atoms. The van der Waals surface area contributed by atoms with E-state index in [2.05, 4.69) is 32.9 Å². The second-order valence-corrected chi connectivity index (χ2v) is 5.20. The summed E-state index contributed by atoms with van der Waals surface area (Å²) in [6.45, 7) is 3.23. The number of hydrogen-bond donors (Lipinski definition) is 1. The molecule has 1 heterocycles. The van der Waals surface area contributed by atoms with E-state index in [1.54, 1.807) is 13.0 Å². The molecule has 1 aromatic rings. The monoisotopic (exact) mass is 308 g/mol. The SMILES string of the molecule is CC(=O)NC(C)(I)c1ccc(F)cn1. The molecule has 0 saturated heterocycles. The van der Waals surface area contributed by atoms with E-state index < -0.39 is 3.55 Å². The van der Waals surface area contributed by atoms with Gasteiger partial charge in [0.2, 0.25) is 5.91 Å². The Kier molecular flexibility index (Phi) is 3.41. The Morgan fingerprint density at radius 2 is 2.29 bits per heavy atom. The van der Waals surface area contributed by atoms with E-state index in [1.165, 1.54) is 13.0 Å². The Bertz CT molecular complexity index is 337. The van der Waals surface area contributed by atoms with Crippen molar-refractivity contribution >= 4 is 28.5 Å². The van der Waals surface area contributed by atoms with Gasteiger partial charge in [-0.2, -0.15) is 0 Å². The summed E-state index contributed by atoms with van der Waals surface area (Å²) in [5.41, 5.74) is 0.620. The Morgan fingerprint density at radius 1 is 1.64 bits per heavy atom. The van der Waals surface area contributed by atoms with E-state index >= 15 is 0 Å². The van der Waals surface area contributed by atoms with Crippen LogP contribution in [0.2, 0.25) is 0 Å². The molecule has 0 aliphatic carbocycles. The number of nitrogens with zero attached hydrogens (tertiary/aromatic N) is 1. The summed E-state index contributed by atoms with van der Waals surface area (Å²) >= 11 is 2.05. The first-order valence-electron chi connectivity index (χ1n) is 4.01. The van der Waals surface area contributed by atoms with Crippen molar-refractivity contribution in [2.24, 2.45) is 0 Å². The first-order chi connectivity index (χ1) is 6.42. The molecule has 0 aliphatic rings. The molecule has 5 heteroatoms. The van der Waals surface area contributed by atoms with Gasteiger partial charge in [-0.05, 0) is 41.6 Å². The molecule has 3 nitrogen and oxygen atoms in total. The maximum atomic E-state index is 12.6. The highest BCUT2D eigenvalue weighted by Gasteiger charge is 2.24. The fourth-order valence-electron chi connectivity index (χ4n) is 1.05. The highest BCUT2D eigenvalue weighted by Crippen LogP contribution is 2.26. The van der Waals surface area contributed by atoms with Gasteiger partial charge in [0.15, 0.2) is 0 Å². The first-order valence-corrected chi connectivity index (χ1v) is 5.09. The van der Waals surface area contributed by atoms with Crippen molar-refractivity contribution in [2.75, 3.05) is 0 Å². The Balaban J connectivity index is 2.91. The van der Waals surface area contributed by atoms with Crippen LogP contribution in [0.25, 0.3) is 0 Å². The van der Waals surface area contributed by atoms with Crippen molar-refractivity contribution < 1.29 is 9.18 Å². The van der Waals surface area contributed by atoms with Gasteiger partial charge < -0.3 is 5.32 Å². The van der Waals surface area contributed by atoms with E-state index in [4.69, 9.17) is 0 Å². The van der Waals surface area contributed by atoms with Crippen molar-refractivity contribution in [3.8, 4) is 0 Å². The molecule has 1 atom stereocenters. The van der Waals surface area contributed by atoms with Crippen molar-refractivity contribution in [3.05, 3.63) is 29.8 Å². The smallest absolute Gasteiger partial charge is 0.218 e. The quantitative estimate of drug-likeness (QED) is 0.515. The zero-order chi connectivity index (χ0) is 10.8. The van der Waals surface area contributed by atoms with Gasteiger partial charge in [0.05, 0.1) is 11.9 Å². The fourth-order valence-corrected chi connectivity index (χ4v) is 1.75. The second kappa shape index (κ2) is 4.20. The molecule has 76 valence electrons. The highest BCUT2D eigenvalue weighted by atomic mass is 127. The number of hydrogen-bond acceptors (Lipinski definition) is 2. The molecular formula is C9H10FIN2O. The molecule has 0 radical (unpaired) electrons. The van der Waals surface area contributed by atoms with Crippen LogP contribution in [0.5, 0.6) is 0 Å². The Labute approximate surface area is 95.2 Å². The van der Waals surface area contributed by atoms with Gasteiger partial charge in [0.1, 0.15) is 9.36 Å². The molecule has 0 aliphatic heterocycles. The number of nitrogens with one attached hydrogen (secondary N) is 1. The molecule has 0 bridgehead atoms. The average molecular weight is 308 g/mol. The minimum absolute atomic E-state index is 0.145. The number of halogens is 2. The summed E-state index contributed by atoms with van der Waals surface area (Å²) in [5, 5.41) is 2.72. The van der Waals surface area contributed by atoms with Crippen LogP contribution in [0, 0.1) is 5.82 Å². The van der Waals surface area contributed by atoms with Gasteiger partial charge in [-0.15, -0.1) is 0 Å². The number of carbonyl (C=O) groups excluding carboxylic acids is 1. The number of alkyl halides is 1. The Morgan fingerprint density at radius 3 is 2.71 bits per heavy atom. The van der Waals surface area contributed by atoms with Crippen LogP contribution in [0.3, 0.4) is 0 Å². The lowest BCUT2D eigenvalue weighted by molar-refractivity contribution is -0.119. The van der Waals surface area contributed by atoms with Crippen LogP contribution >= 0.6 is 22.6 Å². The number of aromatic nitrogens is 1. The molecular weight excluding hydrogens is 298 g/mol. The van der Waals surface area contributed by atoms with Gasteiger partial charge in [0, 0.05) is 6.92 Å². The van der Waals surface area contributed by atoms with Gasteiger partial charge in [-0.25, -0.2) is 4.39 Å². The van der Waals surface area contributed by atoms with Crippen LogP contribution in [0.15, 0.2) is 18.3 Å². The third-order valence-corrected chi connectivity index (χ3v) is 2.44. The topological polar surface area (TPSA) is 42.0 Å². The number of carbonyl (C=O) groups is 1. The lowest BCUT2D eigenvalue weighted by Crippen LogP contribution is -2.37. The van der Waals surface area contributed by atoms with E-state index in [9.17, 15) is 9.18 Å². The number of pyridine rings is 1. The minimum atomic E-state index is -0.600. The summed E-state index contributed by atoms with van der Waals surface area (Å²) in [6.07, 6.45) is 1.13. The lowest BCUT2D eigenvalue weighted by atomic mass is 10.2. The third-order valence-electron chi connectivity index (χ3n) is 1.62. The fraction of sp³-hybridized carbons (Fsp3) is 0.333. The second-order valence-electron chi connectivity index (χ2n) is 3.05. The maximum absolute atomic E-state index is 12.6. The van der Waals surface area contributed by atoms with Crippen molar-refractivity contribution in [1.82, 2.24) is 10.3 Å². The largest absolute Gasteiger partial charge is 0.337 e. The number of rotatable bonds is 2. The summed E-state index contributed by atoms with van der Waals surface area (Å²) in [6, 6.07) is 2.87. The molecule has 1 amide bonds. The van der Waals surface area contributed by atoms with Gasteiger partial charge in [0.25, 0.3) is 0 Å².